The van der Waals surface area contributed by atoms with Gasteiger partial charge in [-0.25, -0.2) is 4.98 Å². The lowest BCUT2D eigenvalue weighted by Crippen LogP contribution is -2.41. The summed E-state index contributed by atoms with van der Waals surface area (Å²) in [6, 6.07) is 7.17. The number of hydrogen-bond acceptors (Lipinski definition) is 3. The van der Waals surface area contributed by atoms with Crippen molar-refractivity contribution in [2.24, 2.45) is 0 Å². The summed E-state index contributed by atoms with van der Waals surface area (Å²) in [7, 11) is 0. The molecule has 1 aromatic carbocycles. The second-order valence-corrected chi connectivity index (χ2v) is 9.77. The lowest BCUT2D eigenvalue weighted by molar-refractivity contribution is -0.140. The van der Waals surface area contributed by atoms with Crippen LogP contribution in [0.3, 0.4) is 0 Å². The van der Waals surface area contributed by atoms with Crippen molar-refractivity contribution in [2.75, 3.05) is 5.32 Å². The Hall–Kier alpha value is -2.45. The number of nitrogens with one attached hydrogen (secondary N) is 2. The Balaban J connectivity index is 1.51. The van der Waals surface area contributed by atoms with Crippen LogP contribution in [0.25, 0.3) is 10.9 Å². The number of anilines is 1. The Morgan fingerprint density at radius 3 is 2.56 bits per heavy atom. The molecule has 4 rings (SSSR count). The van der Waals surface area contributed by atoms with Gasteiger partial charge in [-0.3, -0.25) is 4.79 Å². The van der Waals surface area contributed by atoms with E-state index in [-0.39, 0.29) is 29.5 Å². The molecule has 182 valence electrons. The number of rotatable bonds is 5. The first kappa shape index (κ1) is 24.7. The normalized spacial score (nSPS) is 18.9. The fourth-order valence-corrected chi connectivity index (χ4v) is 4.91. The zero-order valence-electron chi connectivity index (χ0n) is 18.7. The van der Waals surface area contributed by atoms with Gasteiger partial charge in [0.1, 0.15) is 10.8 Å². The van der Waals surface area contributed by atoms with Crippen LogP contribution in [0.4, 0.5) is 18.9 Å². The van der Waals surface area contributed by atoms with Crippen LogP contribution in [0.2, 0.25) is 10.2 Å². The number of fused-ring (bicyclic) bond motifs is 1. The fourth-order valence-electron chi connectivity index (χ4n) is 4.37. The molecule has 1 fully saturated rings. The van der Waals surface area contributed by atoms with Gasteiger partial charge in [-0.1, -0.05) is 23.2 Å². The molecule has 0 aliphatic heterocycles. The molecule has 2 heterocycles. The first-order valence-electron chi connectivity index (χ1n) is 11.1. The Labute approximate surface area is 205 Å². The predicted molar refractivity (Wildman–Crippen MR) is 129 cm³/mol. The Bertz CT molecular complexity index is 1210. The van der Waals surface area contributed by atoms with E-state index in [4.69, 9.17) is 23.2 Å². The predicted octanol–water partition coefficient (Wildman–Crippen LogP) is 7.10. The van der Waals surface area contributed by atoms with Gasteiger partial charge < -0.3 is 15.2 Å². The van der Waals surface area contributed by atoms with Gasteiger partial charge in [-0.2, -0.15) is 13.2 Å². The SMILES string of the molecule is CC(C)n1cc(C(=O)N[C@@H]2CCC[C@H](Nc3cc(C(F)(F)F)nc4ccc(Cl)cc34)C2)cc1Cl. The molecule has 0 unspecified atom stereocenters. The molecule has 1 aliphatic carbocycles. The third kappa shape index (κ3) is 5.44. The highest BCUT2D eigenvalue weighted by Gasteiger charge is 2.34. The van der Waals surface area contributed by atoms with Crippen molar-refractivity contribution in [1.82, 2.24) is 14.9 Å². The summed E-state index contributed by atoms with van der Waals surface area (Å²) in [4.78, 5) is 16.5. The number of benzene rings is 1. The molecular weight excluding hydrogens is 488 g/mol. The molecule has 0 bridgehead atoms. The minimum Gasteiger partial charge on any atom is -0.382 e. The van der Waals surface area contributed by atoms with Gasteiger partial charge in [0.15, 0.2) is 0 Å². The summed E-state index contributed by atoms with van der Waals surface area (Å²) in [5, 5.41) is 7.74. The number of halogens is 5. The van der Waals surface area contributed by atoms with E-state index in [2.05, 4.69) is 15.6 Å². The number of alkyl halides is 3. The summed E-state index contributed by atoms with van der Waals surface area (Å²) in [6.45, 7) is 3.95. The van der Waals surface area contributed by atoms with E-state index in [9.17, 15) is 18.0 Å². The van der Waals surface area contributed by atoms with Gasteiger partial charge in [0.05, 0.1) is 11.1 Å². The molecule has 5 nitrogen and oxygen atoms in total. The van der Waals surface area contributed by atoms with Crippen molar-refractivity contribution in [3.05, 3.63) is 58.0 Å². The van der Waals surface area contributed by atoms with Crippen LogP contribution in [0, 0.1) is 0 Å². The quantitative estimate of drug-likeness (QED) is 0.383. The smallest absolute Gasteiger partial charge is 0.382 e. The van der Waals surface area contributed by atoms with Crippen LogP contribution in [0.15, 0.2) is 36.5 Å². The van der Waals surface area contributed by atoms with Gasteiger partial charge in [0.2, 0.25) is 0 Å². The average Bonchev–Trinajstić information content (AvgIpc) is 3.16. The minimum atomic E-state index is -4.57. The zero-order chi connectivity index (χ0) is 24.6. The number of hydrogen-bond donors (Lipinski definition) is 2. The maximum Gasteiger partial charge on any atom is 0.433 e. The van der Waals surface area contributed by atoms with Crippen LogP contribution >= 0.6 is 23.2 Å². The highest BCUT2D eigenvalue weighted by molar-refractivity contribution is 6.31. The molecule has 3 aromatic rings. The zero-order valence-corrected chi connectivity index (χ0v) is 20.2. The van der Waals surface area contributed by atoms with Crippen LogP contribution in [-0.4, -0.2) is 27.5 Å². The van der Waals surface area contributed by atoms with Crippen LogP contribution in [0.1, 0.15) is 61.6 Å². The molecule has 10 heteroatoms. The summed E-state index contributed by atoms with van der Waals surface area (Å²) in [5.41, 5.74) is 0.0712. The Morgan fingerprint density at radius 1 is 1.15 bits per heavy atom. The lowest BCUT2D eigenvalue weighted by atomic mass is 9.90. The average molecular weight is 513 g/mol. The van der Waals surface area contributed by atoms with Crippen LogP contribution in [-0.2, 0) is 6.18 Å². The maximum atomic E-state index is 13.4. The molecule has 1 amide bonds. The number of amides is 1. The first-order chi connectivity index (χ1) is 16.0. The molecule has 2 atom stereocenters. The Morgan fingerprint density at radius 2 is 1.88 bits per heavy atom. The highest BCUT2D eigenvalue weighted by Crippen LogP contribution is 2.35. The fraction of sp³-hybridized carbons (Fsp3) is 0.417. The number of nitrogens with zero attached hydrogens (tertiary/aromatic N) is 2. The van der Waals surface area contributed by atoms with E-state index in [1.807, 2.05) is 18.4 Å². The van der Waals surface area contributed by atoms with Crippen molar-refractivity contribution < 1.29 is 18.0 Å². The van der Waals surface area contributed by atoms with E-state index < -0.39 is 11.9 Å². The molecule has 2 aromatic heterocycles. The summed E-state index contributed by atoms with van der Waals surface area (Å²) in [6.07, 6.45) is 0.128. The second kappa shape index (κ2) is 9.66. The standard InChI is InChI=1S/C24H25Cl2F3N4O/c1-13(2)33-12-14(8-22(33)26)23(34)31-17-5-3-4-16(10-17)30-20-11-21(24(27,28)29)32-19-7-6-15(25)9-18(19)20/h6-9,11-13,16-17H,3-5,10H2,1-2H3,(H,30,32)(H,31,34)/t16-,17+/m0/s1. The topological polar surface area (TPSA) is 59.0 Å². The Kier molecular flexibility index (Phi) is 7.01. The monoisotopic (exact) mass is 512 g/mol. The van der Waals surface area contributed by atoms with E-state index in [1.54, 1.807) is 18.3 Å². The van der Waals surface area contributed by atoms with Crippen LogP contribution < -0.4 is 10.6 Å². The summed E-state index contributed by atoms with van der Waals surface area (Å²) >= 11 is 12.3. The van der Waals surface area contributed by atoms with Crippen molar-refractivity contribution in [1.29, 1.82) is 0 Å². The van der Waals surface area contributed by atoms with Gasteiger partial charge in [0.25, 0.3) is 5.91 Å². The molecule has 0 radical (unpaired) electrons. The van der Waals surface area contributed by atoms with E-state index in [1.165, 1.54) is 12.1 Å². The second-order valence-electron chi connectivity index (χ2n) is 8.95. The van der Waals surface area contributed by atoms with Gasteiger partial charge in [-0.15, -0.1) is 0 Å². The van der Waals surface area contributed by atoms with Crippen molar-refractivity contribution in [2.45, 2.75) is 63.8 Å². The van der Waals surface area contributed by atoms with E-state index in [0.717, 1.165) is 25.3 Å². The third-order valence-corrected chi connectivity index (χ3v) is 6.59. The van der Waals surface area contributed by atoms with Crippen molar-refractivity contribution in [3.8, 4) is 0 Å². The molecule has 0 spiro atoms. The number of carbonyl (C=O) groups excluding carboxylic acids is 1. The van der Waals surface area contributed by atoms with Gasteiger partial charge >= 0.3 is 6.18 Å². The number of carbonyl (C=O) groups is 1. The minimum absolute atomic E-state index is 0.112. The molecular formula is C24H25Cl2F3N4O. The lowest BCUT2D eigenvalue weighted by Gasteiger charge is -2.31. The summed E-state index contributed by atoms with van der Waals surface area (Å²) < 4.78 is 42.1. The molecule has 2 N–H and O–H groups in total. The van der Waals surface area contributed by atoms with E-state index in [0.29, 0.717) is 33.2 Å². The first-order valence-corrected chi connectivity index (χ1v) is 11.9. The van der Waals surface area contributed by atoms with Gasteiger partial charge in [0, 0.05) is 40.4 Å². The largest absolute Gasteiger partial charge is 0.433 e. The van der Waals surface area contributed by atoms with E-state index >= 15 is 0 Å². The third-order valence-electron chi connectivity index (χ3n) is 6.05. The number of aromatic nitrogens is 2. The molecule has 34 heavy (non-hydrogen) atoms. The highest BCUT2D eigenvalue weighted by atomic mass is 35.5. The molecule has 0 saturated heterocycles. The molecule has 1 saturated carbocycles. The van der Waals surface area contributed by atoms with Crippen LogP contribution in [0.5, 0.6) is 0 Å². The van der Waals surface area contributed by atoms with Gasteiger partial charge in [-0.05, 0) is 69.9 Å². The maximum absolute atomic E-state index is 13.4. The van der Waals surface area contributed by atoms with Crippen molar-refractivity contribution >= 4 is 45.7 Å². The van der Waals surface area contributed by atoms with Crippen molar-refractivity contribution in [3.63, 3.8) is 0 Å². The summed E-state index contributed by atoms with van der Waals surface area (Å²) in [5.74, 6) is -0.215. The molecule has 1 aliphatic rings. The number of pyridine rings is 1.